The van der Waals surface area contributed by atoms with Gasteiger partial charge in [0.15, 0.2) is 0 Å². The fourth-order valence-corrected chi connectivity index (χ4v) is 2.05. The van der Waals surface area contributed by atoms with Crippen molar-refractivity contribution in [3.63, 3.8) is 0 Å². The number of nitrogens with one attached hydrogen (secondary N) is 5. The Bertz CT molecular complexity index is 711. The summed E-state index contributed by atoms with van der Waals surface area (Å²) in [7, 11) is 1.35. The molecule has 0 aromatic carbocycles. The van der Waals surface area contributed by atoms with Gasteiger partial charge in [-0.05, 0) is 6.92 Å². The third kappa shape index (κ3) is 12.6. The molecule has 0 aromatic rings. The summed E-state index contributed by atoms with van der Waals surface area (Å²) < 4.78 is 0. The second kappa shape index (κ2) is 14.4. The van der Waals surface area contributed by atoms with Gasteiger partial charge in [0.05, 0.1) is 32.7 Å². The highest BCUT2D eigenvalue weighted by molar-refractivity contribution is 5.95. The topological polar surface area (TPSA) is 209 Å². The van der Waals surface area contributed by atoms with Gasteiger partial charge in [-0.3, -0.25) is 33.6 Å². The monoisotopic (exact) mass is 443 g/mol. The standard InChI is InChI=1S/C17H29N7O7/c1-10(25)6-21-17(31)12(4-13(27)19-3)23-14(28)7-20-15(29)8-24(16(30)5-18)9-22-11(2)26/h12H,4-9,18H2,1-3H3,(H,19,27)(H,20,29)(H,21,31)(H,22,26)(H,23,28). The van der Waals surface area contributed by atoms with Crippen LogP contribution in [0.4, 0.5) is 0 Å². The molecule has 7 N–H and O–H groups in total. The van der Waals surface area contributed by atoms with Crippen LogP contribution in [-0.2, 0) is 33.6 Å². The lowest BCUT2D eigenvalue weighted by Crippen LogP contribution is -2.52. The summed E-state index contributed by atoms with van der Waals surface area (Å²) in [5.74, 6) is -4.10. The Morgan fingerprint density at radius 1 is 0.871 bits per heavy atom. The molecule has 1 atom stereocenters. The van der Waals surface area contributed by atoms with Crippen molar-refractivity contribution in [1.29, 1.82) is 0 Å². The number of hydrogen-bond donors (Lipinski definition) is 6. The Labute approximate surface area is 179 Å². The molecule has 1 unspecified atom stereocenters. The van der Waals surface area contributed by atoms with Crippen LogP contribution in [0.25, 0.3) is 0 Å². The van der Waals surface area contributed by atoms with Crippen LogP contribution in [0.5, 0.6) is 0 Å². The predicted octanol–water partition coefficient (Wildman–Crippen LogP) is -4.69. The first-order valence-electron chi connectivity index (χ1n) is 9.26. The second-order valence-electron chi connectivity index (χ2n) is 6.38. The molecule has 14 heteroatoms. The highest BCUT2D eigenvalue weighted by Crippen LogP contribution is 1.94. The molecule has 0 spiro atoms. The van der Waals surface area contributed by atoms with Crippen molar-refractivity contribution in [1.82, 2.24) is 31.5 Å². The third-order valence-electron chi connectivity index (χ3n) is 3.66. The molecule has 0 aliphatic rings. The number of nitrogens with zero attached hydrogens (tertiary/aromatic N) is 1. The molecule has 0 fully saturated rings. The fraction of sp³-hybridized carbons (Fsp3) is 0.588. The minimum Gasteiger partial charge on any atom is -0.359 e. The Morgan fingerprint density at radius 2 is 1.52 bits per heavy atom. The zero-order valence-electron chi connectivity index (χ0n) is 17.7. The minimum atomic E-state index is -1.27. The Hall–Kier alpha value is -3.55. The van der Waals surface area contributed by atoms with Gasteiger partial charge in [-0.25, -0.2) is 0 Å². The Balaban J connectivity index is 4.81. The number of hydrogen-bond acceptors (Lipinski definition) is 8. The van der Waals surface area contributed by atoms with Gasteiger partial charge < -0.3 is 37.2 Å². The van der Waals surface area contributed by atoms with Crippen LogP contribution in [0.3, 0.4) is 0 Å². The van der Waals surface area contributed by atoms with Crippen LogP contribution in [0, 0.1) is 0 Å². The zero-order chi connectivity index (χ0) is 24.0. The van der Waals surface area contributed by atoms with Crippen LogP contribution in [0.15, 0.2) is 0 Å². The maximum Gasteiger partial charge on any atom is 0.243 e. The molecule has 0 heterocycles. The average Bonchev–Trinajstić information content (AvgIpc) is 2.71. The molecule has 0 rings (SSSR count). The van der Waals surface area contributed by atoms with Crippen LogP contribution < -0.4 is 32.3 Å². The molecule has 0 saturated carbocycles. The van der Waals surface area contributed by atoms with E-state index in [1.54, 1.807) is 0 Å². The van der Waals surface area contributed by atoms with E-state index in [2.05, 4.69) is 26.6 Å². The number of amides is 6. The molecule has 6 amide bonds. The first kappa shape index (κ1) is 27.5. The summed E-state index contributed by atoms with van der Waals surface area (Å²) in [5, 5.41) is 11.5. The van der Waals surface area contributed by atoms with Crippen LogP contribution >= 0.6 is 0 Å². The number of rotatable bonds is 13. The lowest BCUT2D eigenvalue weighted by atomic mass is 10.1. The van der Waals surface area contributed by atoms with Gasteiger partial charge in [-0.2, -0.15) is 0 Å². The molecule has 14 nitrogen and oxygen atoms in total. The van der Waals surface area contributed by atoms with E-state index >= 15 is 0 Å². The number of Topliss-reactive ketones (excluding diaryl/α,β-unsaturated/α-hetero) is 1. The lowest BCUT2D eigenvalue weighted by Gasteiger charge is -2.22. The fourth-order valence-electron chi connectivity index (χ4n) is 2.05. The second-order valence-corrected chi connectivity index (χ2v) is 6.38. The SMILES string of the molecule is CNC(=O)CC(NC(=O)CNC(=O)CN(CNC(C)=O)C(=O)CN)C(=O)NCC(C)=O. The zero-order valence-corrected chi connectivity index (χ0v) is 17.7. The molecule has 31 heavy (non-hydrogen) atoms. The van der Waals surface area contributed by atoms with Crippen LogP contribution in [0.1, 0.15) is 20.3 Å². The van der Waals surface area contributed by atoms with Crippen molar-refractivity contribution in [3.8, 4) is 0 Å². The van der Waals surface area contributed by atoms with E-state index in [0.29, 0.717) is 0 Å². The van der Waals surface area contributed by atoms with E-state index in [1.165, 1.54) is 20.9 Å². The van der Waals surface area contributed by atoms with E-state index in [1.807, 2.05) is 0 Å². The lowest BCUT2D eigenvalue weighted by molar-refractivity contribution is -0.136. The van der Waals surface area contributed by atoms with Crippen molar-refractivity contribution in [2.45, 2.75) is 26.3 Å². The summed E-state index contributed by atoms with van der Waals surface area (Å²) in [6.07, 6.45) is -0.380. The van der Waals surface area contributed by atoms with E-state index < -0.39 is 54.6 Å². The Kier molecular flexibility index (Phi) is 12.8. The molecule has 174 valence electrons. The number of ketones is 1. The molecule has 0 radical (unpaired) electrons. The van der Waals surface area contributed by atoms with Gasteiger partial charge in [-0.15, -0.1) is 0 Å². The van der Waals surface area contributed by atoms with Gasteiger partial charge in [0, 0.05) is 14.0 Å². The van der Waals surface area contributed by atoms with Crippen LogP contribution in [0.2, 0.25) is 0 Å². The maximum atomic E-state index is 12.1. The molecule has 0 bridgehead atoms. The minimum absolute atomic E-state index is 0.241. The quantitative estimate of drug-likeness (QED) is 0.152. The molecular formula is C17H29N7O7. The van der Waals surface area contributed by atoms with Crippen LogP contribution in [-0.4, -0.2) is 92.1 Å². The molecule has 0 saturated heterocycles. The number of nitrogens with two attached hydrogens (primary N) is 1. The van der Waals surface area contributed by atoms with Gasteiger partial charge in [-0.1, -0.05) is 0 Å². The van der Waals surface area contributed by atoms with Gasteiger partial charge in [0.25, 0.3) is 0 Å². The number of carbonyl (C=O) groups excluding carboxylic acids is 7. The van der Waals surface area contributed by atoms with Crippen molar-refractivity contribution in [3.05, 3.63) is 0 Å². The van der Waals surface area contributed by atoms with E-state index in [-0.39, 0.29) is 32.0 Å². The third-order valence-corrected chi connectivity index (χ3v) is 3.66. The number of carbonyl (C=O) groups is 7. The van der Waals surface area contributed by atoms with Gasteiger partial charge in [0.2, 0.25) is 35.4 Å². The van der Waals surface area contributed by atoms with E-state index in [4.69, 9.17) is 5.73 Å². The molecule has 0 aliphatic carbocycles. The summed E-state index contributed by atoms with van der Waals surface area (Å²) in [5.41, 5.74) is 5.26. The molecular weight excluding hydrogens is 414 g/mol. The Morgan fingerprint density at radius 3 is 2.03 bits per heavy atom. The van der Waals surface area contributed by atoms with Crippen molar-refractivity contribution >= 4 is 41.2 Å². The molecule has 0 aliphatic heterocycles. The summed E-state index contributed by atoms with van der Waals surface area (Å²) in [6, 6.07) is -1.27. The first-order valence-corrected chi connectivity index (χ1v) is 9.26. The maximum absolute atomic E-state index is 12.1. The normalized spacial score (nSPS) is 10.8. The summed E-state index contributed by atoms with van der Waals surface area (Å²) in [6.45, 7) is 0.580. The highest BCUT2D eigenvalue weighted by atomic mass is 16.2. The van der Waals surface area contributed by atoms with E-state index in [0.717, 1.165) is 4.90 Å². The highest BCUT2D eigenvalue weighted by Gasteiger charge is 2.24. The van der Waals surface area contributed by atoms with Crippen molar-refractivity contribution in [2.75, 3.05) is 39.9 Å². The first-order chi connectivity index (χ1) is 14.5. The largest absolute Gasteiger partial charge is 0.359 e. The average molecular weight is 443 g/mol. The van der Waals surface area contributed by atoms with Crippen molar-refractivity contribution < 1.29 is 33.6 Å². The van der Waals surface area contributed by atoms with Gasteiger partial charge in [0.1, 0.15) is 18.4 Å². The summed E-state index contributed by atoms with van der Waals surface area (Å²) >= 11 is 0. The van der Waals surface area contributed by atoms with E-state index in [9.17, 15) is 33.6 Å². The smallest absolute Gasteiger partial charge is 0.243 e. The predicted molar refractivity (Wildman–Crippen MR) is 107 cm³/mol. The molecule has 0 aromatic heterocycles. The van der Waals surface area contributed by atoms with Crippen molar-refractivity contribution in [2.24, 2.45) is 5.73 Å². The van der Waals surface area contributed by atoms with Gasteiger partial charge >= 0.3 is 0 Å². The summed E-state index contributed by atoms with van der Waals surface area (Å²) in [4.78, 5) is 82.5.